The number of nitrogens with zero attached hydrogens (tertiary/aromatic N) is 7. The lowest BCUT2D eigenvalue weighted by Gasteiger charge is -2.41. The minimum absolute atomic E-state index is 0.0680. The zero-order valence-corrected chi connectivity index (χ0v) is 54.7. The Kier molecular flexibility index (Phi) is 28.5. The summed E-state index contributed by atoms with van der Waals surface area (Å²) in [7, 11) is 7.65. The molecule has 10 atom stereocenters. The summed E-state index contributed by atoms with van der Waals surface area (Å²) < 4.78 is 25.2. The second kappa shape index (κ2) is 35.1. The maximum Gasteiger partial charge on any atom is 0.434 e. The summed E-state index contributed by atoms with van der Waals surface area (Å²) in [6.07, 6.45) is 5.28. The fraction of sp³-hybridized carbons (Fsp3) is 0.615. The Balaban J connectivity index is 1.22. The molecular weight excluding hydrogens is 1160 g/mol. The largest absolute Gasteiger partial charge is 0.484 e. The summed E-state index contributed by atoms with van der Waals surface area (Å²) in [6, 6.07) is 11.2. The predicted octanol–water partition coefficient (Wildman–Crippen LogP) is 6.90. The molecule has 90 heavy (non-hydrogen) atoms. The highest BCUT2D eigenvalue weighted by atomic mass is 16.6. The van der Waals surface area contributed by atoms with Crippen molar-refractivity contribution >= 4 is 59.0 Å². The monoisotopic (exact) mass is 1260 g/mol. The Labute approximate surface area is 529 Å². The van der Waals surface area contributed by atoms with Crippen molar-refractivity contribution in [2.75, 3.05) is 59.8 Å². The Morgan fingerprint density at radius 3 is 2.16 bits per heavy atom. The number of aromatic nitrogens is 2. The highest BCUT2D eigenvalue weighted by Crippen LogP contribution is 2.33. The molecule has 4 N–H and O–H groups in total. The van der Waals surface area contributed by atoms with Gasteiger partial charge in [-0.3, -0.25) is 38.5 Å². The van der Waals surface area contributed by atoms with Gasteiger partial charge in [-0.15, -0.1) is 0 Å². The van der Waals surface area contributed by atoms with E-state index in [-0.39, 0.29) is 97.1 Å². The first-order chi connectivity index (χ1) is 42.8. The number of imide groups is 1. The van der Waals surface area contributed by atoms with E-state index in [0.717, 1.165) is 19.3 Å². The lowest BCUT2D eigenvalue weighted by Crippen LogP contribution is -2.55. The van der Waals surface area contributed by atoms with Gasteiger partial charge in [-0.1, -0.05) is 109 Å². The second-order valence-electron chi connectivity index (χ2n) is 24.4. The second-order valence-corrected chi connectivity index (χ2v) is 24.4. The molecular formula is C65H96N10O15. The van der Waals surface area contributed by atoms with Crippen LogP contribution in [0.25, 0.3) is 0 Å². The SMILES string of the molecule is CC[C@H](C)[C@@H]([C@@H](CC(=O)N1CCC[C@H]1[C@H](OC)[C@@H](C)C(=O)N[C@H](C)[C@@H](O)c1ccccc1)OC)N(C)C(=O)[C@@H](CC(=O)[C@H](C(C)C)N(C)C(=O)OCc1ccc(OCc2cnc([N+](=O)[O-])n2C)c(NC(=O)CNCCCCCCN2C(=O)C=CC2=O)c1)C(C)C. The summed E-state index contributed by atoms with van der Waals surface area (Å²) in [5.41, 5.74) is 1.73. The van der Waals surface area contributed by atoms with E-state index in [4.69, 9.17) is 18.9 Å². The molecule has 1 aromatic heterocycles. The number of hydrogen-bond donors (Lipinski definition) is 4. The van der Waals surface area contributed by atoms with Crippen molar-refractivity contribution in [3.63, 3.8) is 0 Å². The van der Waals surface area contributed by atoms with E-state index in [0.29, 0.717) is 62.1 Å². The first kappa shape index (κ1) is 73.1. The maximum absolute atomic E-state index is 14.9. The van der Waals surface area contributed by atoms with Crippen LogP contribution in [0.2, 0.25) is 0 Å². The number of carbonyl (C=O) groups is 8. The van der Waals surface area contributed by atoms with E-state index in [1.807, 2.05) is 45.9 Å². The van der Waals surface area contributed by atoms with Gasteiger partial charge in [0.15, 0.2) is 11.5 Å². The summed E-state index contributed by atoms with van der Waals surface area (Å²) in [5.74, 6) is -4.80. The Hall–Kier alpha value is -7.61. The molecule has 0 saturated carbocycles. The molecule has 7 amide bonds. The highest BCUT2D eigenvalue weighted by Gasteiger charge is 2.44. The summed E-state index contributed by atoms with van der Waals surface area (Å²) in [6.45, 7) is 15.6. The van der Waals surface area contributed by atoms with Gasteiger partial charge >= 0.3 is 12.0 Å². The van der Waals surface area contributed by atoms with Crippen LogP contribution in [0.4, 0.5) is 16.4 Å². The van der Waals surface area contributed by atoms with E-state index in [1.54, 1.807) is 74.9 Å². The van der Waals surface area contributed by atoms with Crippen LogP contribution >= 0.6 is 0 Å². The van der Waals surface area contributed by atoms with Gasteiger partial charge in [-0.05, 0) is 85.1 Å². The number of aliphatic hydroxyl groups excluding tert-OH is 1. The van der Waals surface area contributed by atoms with Gasteiger partial charge in [0.25, 0.3) is 11.8 Å². The van der Waals surface area contributed by atoms with E-state index in [1.165, 1.54) is 61.0 Å². The van der Waals surface area contributed by atoms with Crippen LogP contribution < -0.4 is 20.7 Å². The molecule has 0 unspecified atom stereocenters. The third-order valence-electron chi connectivity index (χ3n) is 17.4. The number of unbranched alkanes of at least 4 members (excludes halogenated alkanes) is 3. The number of amides is 7. The van der Waals surface area contributed by atoms with Gasteiger partial charge in [-0.2, -0.15) is 0 Å². The summed E-state index contributed by atoms with van der Waals surface area (Å²) in [5, 5.41) is 31.3. The van der Waals surface area contributed by atoms with Crippen LogP contribution in [0, 0.1) is 39.7 Å². The molecule has 0 radical (unpaired) electrons. The molecule has 5 rings (SSSR count). The third-order valence-corrected chi connectivity index (χ3v) is 17.4. The predicted molar refractivity (Wildman–Crippen MR) is 336 cm³/mol. The number of Topliss-reactive ketones (excluding diaryl/α,β-unsaturated/α-hetero) is 1. The van der Waals surface area contributed by atoms with Crippen LogP contribution in [-0.4, -0.2) is 177 Å². The van der Waals surface area contributed by atoms with Gasteiger partial charge in [0, 0.05) is 65.9 Å². The Bertz CT molecular complexity index is 2940. The molecule has 2 aliphatic heterocycles. The lowest BCUT2D eigenvalue weighted by atomic mass is 9.83. The molecule has 25 heteroatoms. The fourth-order valence-electron chi connectivity index (χ4n) is 12.0. The Morgan fingerprint density at radius 2 is 1.54 bits per heavy atom. The molecule has 0 aliphatic carbocycles. The number of rotatable bonds is 37. The number of ether oxygens (including phenoxy) is 4. The topological polar surface area (TPSA) is 304 Å². The minimum Gasteiger partial charge on any atom is -0.484 e. The standard InChI is InChI=1S/C65H96N10O15/c1-14-42(6)59(53(87-12)35-57(80)73-32-22-25-50(73)61(88-13)43(7)62(82)68-44(8)60(81)46-23-18-17-19-24-46)71(10)63(83)48(40(2)3)34-51(76)58(41(4)5)72(11)65(84)90-38-45-26-27-52(89-39-47-36-67-64(70(47)9)75(85)86)49(33-45)69-54(77)37-66-30-20-15-16-21-31-74-55(78)28-29-56(74)79/h17-19,23-24,26-29,33,36,40-44,48,50,53,58-61,66,81H,14-16,20-22,25,30-32,34-35,37-39H2,1-13H3,(H,68,82)(H,69,77)/t42-,43+,44+,48-,50-,53+,58-,59-,60+,61+/m0/s1. The number of nitrogens with one attached hydrogen (secondary N) is 3. The molecule has 0 bridgehead atoms. The van der Waals surface area contributed by atoms with Gasteiger partial charge in [0.05, 0.1) is 74.1 Å². The number of methoxy groups -OCH3 is 2. The minimum atomic E-state index is -1.00. The number of likely N-dealkylation sites (tertiary alicyclic amines) is 1. The smallest absolute Gasteiger partial charge is 0.434 e. The number of anilines is 1. The van der Waals surface area contributed by atoms with Crippen molar-refractivity contribution in [3.8, 4) is 5.75 Å². The Morgan fingerprint density at radius 1 is 0.867 bits per heavy atom. The van der Waals surface area contributed by atoms with Crippen molar-refractivity contribution in [2.24, 2.45) is 36.6 Å². The first-order valence-corrected chi connectivity index (χ1v) is 31.3. The van der Waals surface area contributed by atoms with Crippen LogP contribution in [-0.2, 0) is 68.0 Å². The van der Waals surface area contributed by atoms with Gasteiger partial charge in [-0.25, -0.2) is 9.36 Å². The zero-order chi connectivity index (χ0) is 66.5. The van der Waals surface area contributed by atoms with Crippen molar-refractivity contribution in [1.82, 2.24) is 39.8 Å². The van der Waals surface area contributed by atoms with Crippen molar-refractivity contribution in [3.05, 3.63) is 93.8 Å². The van der Waals surface area contributed by atoms with E-state index < -0.39 is 77.2 Å². The molecule has 1 saturated heterocycles. The molecule has 0 spiro atoms. The average molecular weight is 1260 g/mol. The highest BCUT2D eigenvalue weighted by molar-refractivity contribution is 6.12. The number of nitro groups is 1. The normalized spacial score (nSPS) is 17.1. The van der Waals surface area contributed by atoms with Gasteiger partial charge < -0.3 is 64.8 Å². The van der Waals surface area contributed by atoms with Crippen LogP contribution in [0.1, 0.15) is 136 Å². The number of imidazole rings is 1. The van der Waals surface area contributed by atoms with Crippen LogP contribution in [0.15, 0.2) is 66.9 Å². The van der Waals surface area contributed by atoms with E-state index >= 15 is 0 Å². The molecule has 496 valence electrons. The van der Waals surface area contributed by atoms with Crippen molar-refractivity contribution in [1.29, 1.82) is 0 Å². The number of benzene rings is 2. The van der Waals surface area contributed by atoms with E-state index in [2.05, 4.69) is 20.9 Å². The number of hydrogen-bond acceptors (Lipinski definition) is 17. The van der Waals surface area contributed by atoms with Crippen molar-refractivity contribution < 1.29 is 67.3 Å². The third kappa shape index (κ3) is 19.7. The molecule has 25 nitrogen and oxygen atoms in total. The maximum atomic E-state index is 14.9. The molecule has 2 aliphatic rings. The number of ketones is 1. The first-order valence-electron chi connectivity index (χ1n) is 31.3. The van der Waals surface area contributed by atoms with Crippen LogP contribution in [0.5, 0.6) is 5.75 Å². The summed E-state index contributed by atoms with van der Waals surface area (Å²) >= 11 is 0. The lowest BCUT2D eigenvalue weighted by molar-refractivity contribution is -0.396. The van der Waals surface area contributed by atoms with Gasteiger partial charge in [0.2, 0.25) is 23.6 Å². The van der Waals surface area contributed by atoms with Crippen molar-refractivity contribution in [2.45, 2.75) is 169 Å². The molecule has 1 fully saturated rings. The number of likely N-dealkylation sites (N-methyl/N-ethyl adjacent to an activating group) is 2. The summed E-state index contributed by atoms with van der Waals surface area (Å²) in [4.78, 5) is 129. The van der Waals surface area contributed by atoms with Crippen LogP contribution in [0.3, 0.4) is 0 Å². The number of aliphatic hydroxyl groups is 1. The van der Waals surface area contributed by atoms with Gasteiger partial charge in [0.1, 0.15) is 25.2 Å². The van der Waals surface area contributed by atoms with E-state index in [9.17, 15) is 53.6 Å². The molecule has 3 heterocycles. The molecule has 3 aromatic rings. The quantitative estimate of drug-likeness (QED) is 0.0197. The zero-order valence-electron chi connectivity index (χ0n) is 54.7. The number of carbonyl (C=O) groups excluding carboxylic acids is 8. The fourth-order valence-corrected chi connectivity index (χ4v) is 12.0. The molecule has 2 aromatic carbocycles. The average Bonchev–Trinajstić information content (AvgIpc) is 1.35.